The lowest BCUT2D eigenvalue weighted by molar-refractivity contribution is 0.0720. The van der Waals surface area contributed by atoms with Crippen LogP contribution in [0.3, 0.4) is 0 Å². The average Bonchev–Trinajstić information content (AvgIpc) is 2.49. The molecule has 0 aliphatic carbocycles. The Bertz CT molecular complexity index is 530. The summed E-state index contributed by atoms with van der Waals surface area (Å²) < 4.78 is 43.9. The van der Waals surface area contributed by atoms with E-state index in [9.17, 15) is 12.8 Å². The molecule has 120 valence electrons. The van der Waals surface area contributed by atoms with Gasteiger partial charge >= 0.3 is 0 Å². The first kappa shape index (κ1) is 18.0. The predicted molar refractivity (Wildman–Crippen MR) is 80.2 cm³/mol. The summed E-state index contributed by atoms with van der Waals surface area (Å²) in [6.07, 6.45) is -0.597. The summed E-state index contributed by atoms with van der Waals surface area (Å²) in [4.78, 5) is 0.207. The topological polar surface area (TPSA) is 72.6 Å². The van der Waals surface area contributed by atoms with Crippen molar-refractivity contribution in [2.75, 3.05) is 26.9 Å². The minimum absolute atomic E-state index is 0.207. The van der Waals surface area contributed by atoms with Gasteiger partial charge in [-0.2, -0.15) is 4.31 Å². The predicted octanol–water partition coefficient (Wildman–Crippen LogP) is 1.70. The average molecular weight is 318 g/mol. The fourth-order valence-electron chi connectivity index (χ4n) is 2.18. The van der Waals surface area contributed by atoms with Gasteiger partial charge in [-0.3, -0.25) is 0 Å². The lowest BCUT2D eigenvalue weighted by Gasteiger charge is -2.22. The number of nitrogens with two attached hydrogens (primary N) is 1. The minimum Gasteiger partial charge on any atom is -0.375 e. The highest BCUT2D eigenvalue weighted by atomic mass is 32.2. The first-order valence-electron chi connectivity index (χ1n) is 6.86. The summed E-state index contributed by atoms with van der Waals surface area (Å²) in [6, 6.07) is 5.44. The van der Waals surface area contributed by atoms with E-state index in [4.69, 9.17) is 10.5 Å². The maximum absolute atomic E-state index is 12.7. The van der Waals surface area contributed by atoms with E-state index in [-0.39, 0.29) is 4.90 Å². The standard InChI is InChI=1S/C14H23FN2O3S/c1-4-17(5-2)21(18,19)12-8-6-11(7-9-12)14(20-3)13(16)10-15/h6-9,13-14H,4-5,10,16H2,1-3H3/t13-,14-/m1/s1. The van der Waals surface area contributed by atoms with Crippen LogP contribution in [0.2, 0.25) is 0 Å². The quantitative estimate of drug-likeness (QED) is 0.792. The third kappa shape index (κ3) is 4.00. The first-order valence-corrected chi connectivity index (χ1v) is 8.30. The van der Waals surface area contributed by atoms with Crippen molar-refractivity contribution in [3.63, 3.8) is 0 Å². The SMILES string of the molecule is CCN(CC)S(=O)(=O)c1ccc([C@@H](OC)[C@H](N)CF)cc1. The molecule has 0 bridgehead atoms. The number of sulfonamides is 1. The number of nitrogens with zero attached hydrogens (tertiary/aromatic N) is 1. The van der Waals surface area contributed by atoms with E-state index < -0.39 is 28.8 Å². The van der Waals surface area contributed by atoms with Crippen LogP contribution in [0.25, 0.3) is 0 Å². The van der Waals surface area contributed by atoms with Crippen molar-refractivity contribution in [2.45, 2.75) is 30.9 Å². The molecular weight excluding hydrogens is 295 g/mol. The second-order valence-corrected chi connectivity index (χ2v) is 6.57. The highest BCUT2D eigenvalue weighted by molar-refractivity contribution is 7.89. The Morgan fingerprint density at radius 1 is 1.24 bits per heavy atom. The summed E-state index contributed by atoms with van der Waals surface area (Å²) in [7, 11) is -2.04. The number of ether oxygens (including phenoxy) is 1. The Kier molecular flexibility index (Phi) is 6.73. The van der Waals surface area contributed by atoms with Gasteiger partial charge in [-0.15, -0.1) is 0 Å². The van der Waals surface area contributed by atoms with E-state index in [0.29, 0.717) is 18.7 Å². The molecule has 0 aromatic heterocycles. The second kappa shape index (κ2) is 7.84. The molecule has 0 spiro atoms. The fourth-order valence-corrected chi connectivity index (χ4v) is 3.64. The van der Waals surface area contributed by atoms with Crippen molar-refractivity contribution in [1.82, 2.24) is 4.31 Å². The van der Waals surface area contributed by atoms with Gasteiger partial charge in [0.1, 0.15) is 6.67 Å². The van der Waals surface area contributed by atoms with Crippen LogP contribution >= 0.6 is 0 Å². The Balaban J connectivity index is 3.07. The molecule has 2 atom stereocenters. The maximum atomic E-state index is 12.7. The van der Waals surface area contributed by atoms with Crippen LogP contribution in [-0.2, 0) is 14.8 Å². The van der Waals surface area contributed by atoms with Crippen molar-refractivity contribution in [2.24, 2.45) is 5.73 Å². The normalized spacial score (nSPS) is 15.1. The molecule has 5 nitrogen and oxygen atoms in total. The van der Waals surface area contributed by atoms with Gasteiger partial charge in [-0.25, -0.2) is 12.8 Å². The van der Waals surface area contributed by atoms with Crippen molar-refractivity contribution in [3.8, 4) is 0 Å². The molecule has 1 aromatic rings. The zero-order valence-corrected chi connectivity index (χ0v) is 13.4. The van der Waals surface area contributed by atoms with Gasteiger partial charge in [0.15, 0.2) is 0 Å². The summed E-state index contributed by atoms with van der Waals surface area (Å²) in [5.41, 5.74) is 6.30. The van der Waals surface area contributed by atoms with Crippen molar-refractivity contribution < 1.29 is 17.5 Å². The van der Waals surface area contributed by atoms with Crippen molar-refractivity contribution in [3.05, 3.63) is 29.8 Å². The van der Waals surface area contributed by atoms with Crippen molar-refractivity contribution in [1.29, 1.82) is 0 Å². The van der Waals surface area contributed by atoms with Crippen LogP contribution < -0.4 is 5.73 Å². The largest absolute Gasteiger partial charge is 0.375 e. The highest BCUT2D eigenvalue weighted by Gasteiger charge is 2.23. The van der Waals surface area contributed by atoms with Gasteiger partial charge in [0.05, 0.1) is 17.0 Å². The molecule has 21 heavy (non-hydrogen) atoms. The molecule has 0 saturated heterocycles. The monoisotopic (exact) mass is 318 g/mol. The van der Waals surface area contributed by atoms with Crippen LogP contribution in [0.4, 0.5) is 4.39 Å². The lowest BCUT2D eigenvalue weighted by Crippen LogP contribution is -2.32. The molecular formula is C14H23FN2O3S. The van der Waals surface area contributed by atoms with Crippen LogP contribution in [0.1, 0.15) is 25.5 Å². The molecule has 1 rings (SSSR count). The molecule has 1 aromatic carbocycles. The third-order valence-electron chi connectivity index (χ3n) is 3.37. The van der Waals surface area contributed by atoms with E-state index in [2.05, 4.69) is 0 Å². The lowest BCUT2D eigenvalue weighted by atomic mass is 10.0. The van der Waals surface area contributed by atoms with Crippen molar-refractivity contribution >= 4 is 10.0 Å². The Hall–Kier alpha value is -1.02. The maximum Gasteiger partial charge on any atom is 0.243 e. The van der Waals surface area contributed by atoms with Crippen LogP contribution in [0.5, 0.6) is 0 Å². The van der Waals surface area contributed by atoms with E-state index >= 15 is 0 Å². The van der Waals surface area contributed by atoms with Gasteiger partial charge in [-0.05, 0) is 17.7 Å². The van der Waals surface area contributed by atoms with E-state index in [1.807, 2.05) is 0 Å². The van der Waals surface area contributed by atoms with Crippen LogP contribution in [0, 0.1) is 0 Å². The zero-order chi connectivity index (χ0) is 16.0. The molecule has 0 radical (unpaired) electrons. The number of halogens is 1. The molecule has 0 aliphatic rings. The summed E-state index contributed by atoms with van der Waals surface area (Å²) in [5, 5.41) is 0. The minimum atomic E-state index is -3.49. The Morgan fingerprint density at radius 2 is 1.76 bits per heavy atom. The van der Waals surface area contributed by atoms with E-state index in [1.165, 1.54) is 23.5 Å². The van der Waals surface area contributed by atoms with E-state index in [0.717, 1.165) is 0 Å². The van der Waals surface area contributed by atoms with Crippen LogP contribution in [-0.4, -0.2) is 45.6 Å². The Labute approximate surface area is 125 Å². The zero-order valence-electron chi connectivity index (χ0n) is 12.6. The number of methoxy groups -OCH3 is 1. The first-order chi connectivity index (χ1) is 9.92. The third-order valence-corrected chi connectivity index (χ3v) is 5.44. The molecule has 2 N–H and O–H groups in total. The number of hydrogen-bond acceptors (Lipinski definition) is 4. The molecule has 0 fully saturated rings. The number of hydrogen-bond donors (Lipinski definition) is 1. The van der Waals surface area contributed by atoms with Gasteiger partial charge < -0.3 is 10.5 Å². The number of rotatable bonds is 8. The van der Waals surface area contributed by atoms with Crippen LogP contribution in [0.15, 0.2) is 29.2 Å². The molecule has 0 amide bonds. The number of benzene rings is 1. The highest BCUT2D eigenvalue weighted by Crippen LogP contribution is 2.23. The molecule has 0 aliphatic heterocycles. The smallest absolute Gasteiger partial charge is 0.243 e. The summed E-state index contributed by atoms with van der Waals surface area (Å²) in [6.45, 7) is 3.69. The van der Waals surface area contributed by atoms with E-state index in [1.54, 1.807) is 26.0 Å². The molecule has 0 heterocycles. The van der Waals surface area contributed by atoms with Gasteiger partial charge in [0.25, 0.3) is 0 Å². The van der Waals surface area contributed by atoms with Gasteiger partial charge in [-0.1, -0.05) is 26.0 Å². The molecule has 0 unspecified atom stereocenters. The van der Waals surface area contributed by atoms with Gasteiger partial charge in [0.2, 0.25) is 10.0 Å². The van der Waals surface area contributed by atoms with Gasteiger partial charge in [0, 0.05) is 20.2 Å². The number of alkyl halides is 1. The summed E-state index contributed by atoms with van der Waals surface area (Å²) in [5.74, 6) is 0. The summed E-state index contributed by atoms with van der Waals surface area (Å²) >= 11 is 0. The fraction of sp³-hybridized carbons (Fsp3) is 0.571. The molecule has 0 saturated carbocycles. The molecule has 7 heteroatoms. The Morgan fingerprint density at radius 3 is 2.14 bits per heavy atom. The second-order valence-electron chi connectivity index (χ2n) is 4.63.